The van der Waals surface area contributed by atoms with E-state index < -0.39 is 5.97 Å². The Kier molecular flexibility index (Phi) is 5.31. The van der Waals surface area contributed by atoms with Crippen molar-refractivity contribution in [2.45, 2.75) is 6.42 Å². The first-order chi connectivity index (χ1) is 8.49. The lowest BCUT2D eigenvalue weighted by Gasteiger charge is -2.19. The van der Waals surface area contributed by atoms with Crippen LogP contribution in [0, 0.1) is 0 Å². The van der Waals surface area contributed by atoms with E-state index in [2.05, 4.69) is 0 Å². The maximum absolute atomic E-state index is 11.6. The number of aliphatic carboxylic acids is 1. The van der Waals surface area contributed by atoms with Gasteiger partial charge in [0.15, 0.2) is 0 Å². The largest absolute Gasteiger partial charge is 0.478 e. The van der Waals surface area contributed by atoms with Crippen molar-refractivity contribution in [3.8, 4) is 0 Å². The molecule has 0 aromatic heterocycles. The van der Waals surface area contributed by atoms with Crippen LogP contribution in [0.5, 0.6) is 0 Å². The number of nitrogens with zero attached hydrogens (tertiary/aromatic N) is 2. The van der Waals surface area contributed by atoms with E-state index in [9.17, 15) is 14.4 Å². The third-order valence-corrected chi connectivity index (χ3v) is 2.65. The standard InChI is InChI=1S/C11H17N3O4/c12-9(15)8-13-4-1-5-14(7-6-13)10(16)2-3-11(17)18/h2-3H,1,4-8H2,(H2,12,15)(H,17,18)/b3-2+. The Balaban J connectivity index is 2.48. The predicted molar refractivity (Wildman–Crippen MR) is 63.6 cm³/mol. The summed E-state index contributed by atoms with van der Waals surface area (Å²) in [5.74, 6) is -1.85. The van der Waals surface area contributed by atoms with E-state index in [0.29, 0.717) is 26.2 Å². The zero-order valence-electron chi connectivity index (χ0n) is 10.0. The van der Waals surface area contributed by atoms with E-state index in [1.807, 2.05) is 4.90 Å². The fraction of sp³-hybridized carbons (Fsp3) is 0.545. The number of carboxylic acids is 1. The molecule has 100 valence electrons. The number of primary amides is 1. The molecule has 0 spiro atoms. The Bertz CT molecular complexity index is 367. The van der Waals surface area contributed by atoms with E-state index in [4.69, 9.17) is 10.8 Å². The van der Waals surface area contributed by atoms with Crippen LogP contribution < -0.4 is 5.73 Å². The maximum atomic E-state index is 11.6. The number of carboxylic acid groups (broad SMARTS) is 1. The fourth-order valence-corrected chi connectivity index (χ4v) is 1.82. The first kappa shape index (κ1) is 14.2. The molecule has 0 aliphatic carbocycles. The minimum Gasteiger partial charge on any atom is -0.478 e. The average molecular weight is 255 g/mol. The lowest BCUT2D eigenvalue weighted by atomic mass is 10.3. The van der Waals surface area contributed by atoms with Crippen molar-refractivity contribution in [3.63, 3.8) is 0 Å². The molecule has 0 bridgehead atoms. The molecule has 1 aliphatic heterocycles. The topological polar surface area (TPSA) is 104 Å². The molecule has 0 saturated carbocycles. The number of rotatable bonds is 4. The number of nitrogens with two attached hydrogens (primary N) is 1. The summed E-state index contributed by atoms with van der Waals surface area (Å²) in [6, 6.07) is 0. The SMILES string of the molecule is NC(=O)CN1CCCN(C(=O)/C=C/C(=O)O)CC1. The van der Waals surface area contributed by atoms with Crippen LogP contribution in [0.4, 0.5) is 0 Å². The van der Waals surface area contributed by atoms with Gasteiger partial charge in [0.2, 0.25) is 11.8 Å². The monoisotopic (exact) mass is 255 g/mol. The second-order valence-electron chi connectivity index (χ2n) is 4.09. The Labute approximate surface area is 105 Å². The molecule has 3 N–H and O–H groups in total. The van der Waals surface area contributed by atoms with Gasteiger partial charge in [-0.3, -0.25) is 14.5 Å². The van der Waals surface area contributed by atoms with Crippen LogP contribution in [0.2, 0.25) is 0 Å². The average Bonchev–Trinajstić information content (AvgIpc) is 2.50. The van der Waals surface area contributed by atoms with Crippen molar-refractivity contribution < 1.29 is 19.5 Å². The summed E-state index contributed by atoms with van der Waals surface area (Å²) in [4.78, 5) is 36.2. The lowest BCUT2D eigenvalue weighted by molar-refractivity contribution is -0.132. The molecule has 1 saturated heterocycles. The third kappa shape index (κ3) is 4.96. The molecule has 0 aromatic carbocycles. The van der Waals surface area contributed by atoms with Gasteiger partial charge in [-0.25, -0.2) is 4.79 Å². The van der Waals surface area contributed by atoms with Crippen LogP contribution in [0.15, 0.2) is 12.2 Å². The van der Waals surface area contributed by atoms with Crippen LogP contribution in [-0.4, -0.2) is 65.4 Å². The van der Waals surface area contributed by atoms with E-state index in [0.717, 1.165) is 18.6 Å². The zero-order chi connectivity index (χ0) is 13.5. The highest BCUT2D eigenvalue weighted by Crippen LogP contribution is 2.03. The number of hydrogen-bond acceptors (Lipinski definition) is 4. The highest BCUT2D eigenvalue weighted by Gasteiger charge is 2.18. The van der Waals surface area contributed by atoms with Crippen LogP contribution in [0.3, 0.4) is 0 Å². The number of carbonyl (C=O) groups is 3. The zero-order valence-corrected chi connectivity index (χ0v) is 10.0. The lowest BCUT2D eigenvalue weighted by Crippen LogP contribution is -2.37. The van der Waals surface area contributed by atoms with Crippen LogP contribution in [-0.2, 0) is 14.4 Å². The smallest absolute Gasteiger partial charge is 0.328 e. The van der Waals surface area contributed by atoms with Crippen LogP contribution in [0.25, 0.3) is 0 Å². The van der Waals surface area contributed by atoms with Gasteiger partial charge in [0.05, 0.1) is 6.54 Å². The van der Waals surface area contributed by atoms with E-state index in [1.165, 1.54) is 0 Å². The minimum atomic E-state index is -1.14. The van der Waals surface area contributed by atoms with Gasteiger partial charge in [-0.1, -0.05) is 0 Å². The molecular weight excluding hydrogens is 238 g/mol. The molecule has 2 amide bonds. The van der Waals surface area contributed by atoms with Crippen molar-refractivity contribution in [2.75, 3.05) is 32.7 Å². The first-order valence-electron chi connectivity index (χ1n) is 5.69. The Morgan fingerprint density at radius 1 is 1.11 bits per heavy atom. The Morgan fingerprint density at radius 2 is 1.83 bits per heavy atom. The minimum absolute atomic E-state index is 0.187. The van der Waals surface area contributed by atoms with Gasteiger partial charge in [0.25, 0.3) is 0 Å². The second-order valence-corrected chi connectivity index (χ2v) is 4.09. The van der Waals surface area contributed by atoms with Gasteiger partial charge in [-0.15, -0.1) is 0 Å². The molecule has 7 heteroatoms. The molecule has 1 rings (SSSR count). The summed E-state index contributed by atoms with van der Waals surface area (Å²) in [5, 5.41) is 8.44. The highest BCUT2D eigenvalue weighted by molar-refractivity contribution is 5.93. The maximum Gasteiger partial charge on any atom is 0.328 e. The van der Waals surface area contributed by atoms with Crippen molar-refractivity contribution in [1.82, 2.24) is 9.80 Å². The molecule has 7 nitrogen and oxygen atoms in total. The van der Waals surface area contributed by atoms with Gasteiger partial charge in [0.1, 0.15) is 0 Å². The Morgan fingerprint density at radius 3 is 2.44 bits per heavy atom. The van der Waals surface area contributed by atoms with Gasteiger partial charge >= 0.3 is 5.97 Å². The predicted octanol–water partition coefficient (Wildman–Crippen LogP) is -1.35. The van der Waals surface area contributed by atoms with Crippen LogP contribution in [0.1, 0.15) is 6.42 Å². The highest BCUT2D eigenvalue weighted by atomic mass is 16.4. The van der Waals surface area contributed by atoms with E-state index in [-0.39, 0.29) is 18.4 Å². The molecule has 0 unspecified atom stereocenters. The molecular formula is C11H17N3O4. The van der Waals surface area contributed by atoms with Crippen molar-refractivity contribution >= 4 is 17.8 Å². The van der Waals surface area contributed by atoms with Gasteiger partial charge in [0, 0.05) is 38.3 Å². The van der Waals surface area contributed by atoms with Crippen LogP contribution >= 0.6 is 0 Å². The fourth-order valence-electron chi connectivity index (χ4n) is 1.82. The van der Waals surface area contributed by atoms with Crippen molar-refractivity contribution in [1.29, 1.82) is 0 Å². The molecule has 0 atom stereocenters. The molecule has 1 aliphatic rings. The molecule has 1 fully saturated rings. The van der Waals surface area contributed by atoms with E-state index in [1.54, 1.807) is 4.90 Å². The first-order valence-corrected chi connectivity index (χ1v) is 5.69. The number of amides is 2. The summed E-state index contributed by atoms with van der Waals surface area (Å²) in [5.41, 5.74) is 5.11. The summed E-state index contributed by atoms with van der Waals surface area (Å²) in [7, 11) is 0. The van der Waals surface area contributed by atoms with Crippen molar-refractivity contribution in [3.05, 3.63) is 12.2 Å². The quantitative estimate of drug-likeness (QED) is 0.604. The van der Waals surface area contributed by atoms with Gasteiger partial charge in [-0.2, -0.15) is 0 Å². The summed E-state index contributed by atoms with van der Waals surface area (Å²) in [6.07, 6.45) is 2.61. The third-order valence-electron chi connectivity index (χ3n) is 2.65. The molecule has 0 aromatic rings. The number of carbonyl (C=O) groups excluding carboxylic acids is 2. The van der Waals surface area contributed by atoms with Gasteiger partial charge < -0.3 is 15.7 Å². The Hall–Kier alpha value is -1.89. The molecule has 0 radical (unpaired) electrons. The number of hydrogen-bond donors (Lipinski definition) is 2. The van der Waals surface area contributed by atoms with Crippen molar-refractivity contribution in [2.24, 2.45) is 5.73 Å². The summed E-state index contributed by atoms with van der Waals surface area (Å²) < 4.78 is 0. The summed E-state index contributed by atoms with van der Waals surface area (Å²) in [6.45, 7) is 2.48. The normalized spacial score (nSPS) is 17.7. The second kappa shape index (κ2) is 6.75. The summed E-state index contributed by atoms with van der Waals surface area (Å²) >= 11 is 0. The van der Waals surface area contributed by atoms with Gasteiger partial charge in [-0.05, 0) is 6.42 Å². The molecule has 1 heterocycles. The molecule has 18 heavy (non-hydrogen) atoms. The van der Waals surface area contributed by atoms with E-state index >= 15 is 0 Å².